The summed E-state index contributed by atoms with van der Waals surface area (Å²) in [4.78, 5) is 12.3. The van der Waals surface area contributed by atoms with Crippen LogP contribution in [-0.4, -0.2) is 5.78 Å². The number of ketones is 1. The zero-order valence-electron chi connectivity index (χ0n) is 12.1. The molecular formula is C18H22O. The highest BCUT2D eigenvalue weighted by Crippen LogP contribution is 2.32. The van der Waals surface area contributed by atoms with E-state index in [0.29, 0.717) is 6.42 Å². The second-order valence-electron chi connectivity index (χ2n) is 6.34. The van der Waals surface area contributed by atoms with Gasteiger partial charge in [-0.25, -0.2) is 0 Å². The van der Waals surface area contributed by atoms with Crippen LogP contribution in [0.25, 0.3) is 0 Å². The minimum absolute atomic E-state index is 0.0231. The molecule has 0 aromatic heterocycles. The van der Waals surface area contributed by atoms with Crippen LogP contribution in [0.1, 0.15) is 57.1 Å². The Balaban J connectivity index is 2.11. The van der Waals surface area contributed by atoms with Crippen molar-refractivity contribution in [2.75, 3.05) is 0 Å². The van der Waals surface area contributed by atoms with Crippen LogP contribution in [0.2, 0.25) is 0 Å². The molecule has 0 fully saturated rings. The molecular weight excluding hydrogens is 232 g/mol. The van der Waals surface area contributed by atoms with E-state index in [0.717, 1.165) is 19.3 Å². The van der Waals surface area contributed by atoms with E-state index < -0.39 is 0 Å². The van der Waals surface area contributed by atoms with Gasteiger partial charge in [0.05, 0.1) is 6.42 Å². The molecule has 1 heteroatoms. The standard InChI is InChI=1S/C18H22O/c1-18(2,3)13-7-12-17(19)16-11-6-9-14-8-4-5-10-15(14)16/h4-5,8,10,16H,6,9,11-12H2,1-3H3. The summed E-state index contributed by atoms with van der Waals surface area (Å²) in [7, 11) is 0. The molecule has 0 amide bonds. The molecule has 2 rings (SSSR count). The van der Waals surface area contributed by atoms with Gasteiger partial charge < -0.3 is 0 Å². The Labute approximate surface area is 116 Å². The van der Waals surface area contributed by atoms with Gasteiger partial charge >= 0.3 is 0 Å². The Kier molecular flexibility index (Phi) is 4.10. The fourth-order valence-corrected chi connectivity index (χ4v) is 2.61. The first-order valence-electron chi connectivity index (χ1n) is 7.08. The lowest BCUT2D eigenvalue weighted by molar-refractivity contribution is -0.119. The lowest BCUT2D eigenvalue weighted by atomic mass is 9.80. The van der Waals surface area contributed by atoms with Crippen molar-refractivity contribution in [3.8, 4) is 11.8 Å². The zero-order valence-corrected chi connectivity index (χ0v) is 12.1. The van der Waals surface area contributed by atoms with Gasteiger partial charge in [0.1, 0.15) is 0 Å². The summed E-state index contributed by atoms with van der Waals surface area (Å²) in [5.41, 5.74) is 2.55. The van der Waals surface area contributed by atoms with Crippen LogP contribution < -0.4 is 0 Å². The summed E-state index contributed by atoms with van der Waals surface area (Å²) in [5, 5.41) is 0. The molecule has 1 aliphatic rings. The van der Waals surface area contributed by atoms with Crippen molar-refractivity contribution in [2.45, 2.75) is 52.4 Å². The monoisotopic (exact) mass is 254 g/mol. The van der Waals surface area contributed by atoms with Crippen LogP contribution in [0.4, 0.5) is 0 Å². The molecule has 0 saturated heterocycles. The zero-order chi connectivity index (χ0) is 13.9. The van der Waals surface area contributed by atoms with Gasteiger partial charge in [-0.3, -0.25) is 4.79 Å². The highest BCUT2D eigenvalue weighted by molar-refractivity contribution is 5.88. The summed E-state index contributed by atoms with van der Waals surface area (Å²) < 4.78 is 0. The van der Waals surface area contributed by atoms with Crippen LogP contribution in [0.5, 0.6) is 0 Å². The number of carbonyl (C=O) groups excluding carboxylic acids is 1. The molecule has 0 heterocycles. The normalized spacial score (nSPS) is 18.2. The lowest BCUT2D eigenvalue weighted by Gasteiger charge is -2.23. The van der Waals surface area contributed by atoms with E-state index in [-0.39, 0.29) is 17.1 Å². The first-order valence-corrected chi connectivity index (χ1v) is 7.08. The molecule has 0 aliphatic heterocycles. The van der Waals surface area contributed by atoms with Crippen LogP contribution >= 0.6 is 0 Å². The Hall–Kier alpha value is -1.55. The van der Waals surface area contributed by atoms with Crippen molar-refractivity contribution in [3.05, 3.63) is 35.4 Å². The summed E-state index contributed by atoms with van der Waals surface area (Å²) in [6.45, 7) is 6.21. The average molecular weight is 254 g/mol. The van der Waals surface area contributed by atoms with Crippen LogP contribution in [-0.2, 0) is 11.2 Å². The second-order valence-corrected chi connectivity index (χ2v) is 6.34. The third-order valence-corrected chi connectivity index (χ3v) is 3.48. The van der Waals surface area contributed by atoms with Crippen LogP contribution in [0.3, 0.4) is 0 Å². The maximum Gasteiger partial charge on any atom is 0.152 e. The quantitative estimate of drug-likeness (QED) is 0.726. The molecule has 1 nitrogen and oxygen atoms in total. The summed E-state index contributed by atoms with van der Waals surface area (Å²) in [5.74, 6) is 6.55. The van der Waals surface area contributed by atoms with Gasteiger partial charge in [-0.2, -0.15) is 0 Å². The second kappa shape index (κ2) is 5.61. The SMILES string of the molecule is CC(C)(C)C#CCC(=O)C1CCCc2ccccc21. The molecule has 1 unspecified atom stereocenters. The molecule has 0 saturated carbocycles. The Morgan fingerprint density at radius 3 is 2.79 bits per heavy atom. The number of benzene rings is 1. The van der Waals surface area contributed by atoms with Gasteiger partial charge in [0.15, 0.2) is 5.78 Å². The molecule has 1 aromatic rings. The van der Waals surface area contributed by atoms with E-state index in [9.17, 15) is 4.79 Å². The van der Waals surface area contributed by atoms with Gasteiger partial charge in [0.25, 0.3) is 0 Å². The van der Waals surface area contributed by atoms with Gasteiger partial charge in [-0.1, -0.05) is 36.1 Å². The molecule has 0 bridgehead atoms. The van der Waals surface area contributed by atoms with Crippen molar-refractivity contribution in [2.24, 2.45) is 5.41 Å². The minimum Gasteiger partial charge on any atom is -0.298 e. The molecule has 1 atom stereocenters. The molecule has 0 radical (unpaired) electrons. The fraction of sp³-hybridized carbons (Fsp3) is 0.500. The van der Waals surface area contributed by atoms with Crippen molar-refractivity contribution in [3.63, 3.8) is 0 Å². The minimum atomic E-state index is -0.0231. The van der Waals surface area contributed by atoms with E-state index in [2.05, 4.69) is 50.8 Å². The van der Waals surface area contributed by atoms with E-state index in [1.165, 1.54) is 11.1 Å². The summed E-state index contributed by atoms with van der Waals surface area (Å²) in [6.07, 6.45) is 3.58. The largest absolute Gasteiger partial charge is 0.298 e. The average Bonchev–Trinajstić information content (AvgIpc) is 2.36. The number of fused-ring (bicyclic) bond motifs is 1. The van der Waals surface area contributed by atoms with Gasteiger partial charge in [-0.15, -0.1) is 0 Å². The first kappa shape index (κ1) is 13.9. The van der Waals surface area contributed by atoms with E-state index in [1.54, 1.807) is 0 Å². The molecule has 100 valence electrons. The topological polar surface area (TPSA) is 17.1 Å². The van der Waals surface area contributed by atoms with Crippen LogP contribution in [0.15, 0.2) is 24.3 Å². The number of aryl methyl sites for hydroxylation is 1. The lowest BCUT2D eigenvalue weighted by Crippen LogP contribution is -2.18. The summed E-state index contributed by atoms with van der Waals surface area (Å²) in [6, 6.07) is 8.35. The number of rotatable bonds is 2. The number of Topliss-reactive ketones (excluding diaryl/α,β-unsaturated/α-hetero) is 1. The Morgan fingerprint density at radius 1 is 1.32 bits per heavy atom. The molecule has 19 heavy (non-hydrogen) atoms. The predicted octanol–water partition coefficient (Wildman–Crippen LogP) is 4.12. The van der Waals surface area contributed by atoms with Crippen molar-refractivity contribution < 1.29 is 4.79 Å². The maximum atomic E-state index is 12.3. The van der Waals surface area contributed by atoms with Crippen LogP contribution in [0, 0.1) is 17.3 Å². The van der Waals surface area contributed by atoms with Gasteiger partial charge in [-0.05, 0) is 51.2 Å². The maximum absolute atomic E-state index is 12.3. The van der Waals surface area contributed by atoms with Crippen molar-refractivity contribution in [1.29, 1.82) is 0 Å². The van der Waals surface area contributed by atoms with Gasteiger partial charge in [0, 0.05) is 11.3 Å². The highest BCUT2D eigenvalue weighted by Gasteiger charge is 2.25. The highest BCUT2D eigenvalue weighted by atomic mass is 16.1. The van der Waals surface area contributed by atoms with Crippen molar-refractivity contribution in [1.82, 2.24) is 0 Å². The molecule has 1 aromatic carbocycles. The third-order valence-electron chi connectivity index (χ3n) is 3.48. The Morgan fingerprint density at radius 2 is 2.05 bits per heavy atom. The fourth-order valence-electron chi connectivity index (χ4n) is 2.61. The smallest absolute Gasteiger partial charge is 0.152 e. The predicted molar refractivity (Wildman–Crippen MR) is 79.0 cm³/mol. The first-order chi connectivity index (χ1) is 8.97. The molecule has 1 aliphatic carbocycles. The van der Waals surface area contributed by atoms with Gasteiger partial charge in [0.2, 0.25) is 0 Å². The third kappa shape index (κ3) is 3.70. The van der Waals surface area contributed by atoms with E-state index in [4.69, 9.17) is 0 Å². The van der Waals surface area contributed by atoms with Crippen molar-refractivity contribution >= 4 is 5.78 Å². The number of carbonyl (C=O) groups is 1. The Bertz CT molecular complexity index is 523. The number of hydrogen-bond acceptors (Lipinski definition) is 1. The van der Waals surface area contributed by atoms with E-state index in [1.807, 2.05) is 6.07 Å². The van der Waals surface area contributed by atoms with E-state index >= 15 is 0 Å². The molecule has 0 N–H and O–H groups in total. The number of hydrogen-bond donors (Lipinski definition) is 0. The summed E-state index contributed by atoms with van der Waals surface area (Å²) >= 11 is 0. The molecule has 0 spiro atoms.